The molecule has 0 saturated heterocycles. The molecule has 0 atom stereocenters. The summed E-state index contributed by atoms with van der Waals surface area (Å²) in [6.07, 6.45) is 0. The molecular weight excluding hydrogens is 349 g/mol. The van der Waals surface area contributed by atoms with E-state index in [0.29, 0.717) is 16.5 Å². The Labute approximate surface area is 144 Å². The first-order valence-corrected chi connectivity index (χ1v) is 7.82. The van der Waals surface area contributed by atoms with Crippen molar-refractivity contribution in [2.24, 2.45) is 5.73 Å². The van der Waals surface area contributed by atoms with Gasteiger partial charge in [0.2, 0.25) is 0 Å². The summed E-state index contributed by atoms with van der Waals surface area (Å²) in [5.41, 5.74) is 5.76. The number of aromatic nitrogens is 2. The fourth-order valence-electron chi connectivity index (χ4n) is 1.98. The fourth-order valence-corrected chi connectivity index (χ4v) is 2.80. The normalized spacial score (nSPS) is 10.5. The number of carbonyl (C=O) groups excluding carboxylic acids is 2. The summed E-state index contributed by atoms with van der Waals surface area (Å²) in [5, 5.41) is 9.61. The molecule has 4 N–H and O–H groups in total. The van der Waals surface area contributed by atoms with Gasteiger partial charge in [-0.1, -0.05) is 16.5 Å². The molecule has 25 heavy (non-hydrogen) atoms. The monoisotopic (exact) mass is 361 g/mol. The zero-order valence-corrected chi connectivity index (χ0v) is 13.7. The Morgan fingerprint density at radius 1 is 1.28 bits per heavy atom. The van der Waals surface area contributed by atoms with Crippen molar-refractivity contribution >= 4 is 33.3 Å². The number of thiazole rings is 1. The molecule has 0 aliphatic carbocycles. The van der Waals surface area contributed by atoms with Gasteiger partial charge in [-0.15, -0.1) is 0 Å². The Morgan fingerprint density at radius 2 is 2.00 bits per heavy atom. The van der Waals surface area contributed by atoms with Crippen LogP contribution in [0.4, 0.5) is 14.5 Å². The smallest absolute Gasteiger partial charge is 0.278 e. The third-order valence-electron chi connectivity index (χ3n) is 3.17. The predicted molar refractivity (Wildman–Crippen MR) is 90.0 cm³/mol. The van der Waals surface area contributed by atoms with Crippen molar-refractivity contribution in [3.63, 3.8) is 0 Å². The fraction of sp³-hybridized carbons (Fsp3) is 0.0667. The molecule has 2 aromatic heterocycles. The number of nitrogens with two attached hydrogens (primary N) is 1. The Balaban J connectivity index is 1.82. The van der Waals surface area contributed by atoms with Crippen LogP contribution in [0.2, 0.25) is 0 Å². The second-order valence-corrected chi connectivity index (χ2v) is 5.85. The number of nitrogens with zero attached hydrogens (tertiary/aromatic N) is 2. The van der Waals surface area contributed by atoms with Crippen LogP contribution in [-0.4, -0.2) is 29.0 Å². The standard InChI is InChI=1S/C15H12FN5O3S/c1-18-15-19-11(12(17)22)14(25-15)20-13(23)9-6-10(24-21-9)7-2-4-8(16)5-3-7/h2-6H,1H3,(H2,17,22)(H,18,19)(H,20,23). The van der Waals surface area contributed by atoms with Crippen molar-refractivity contribution in [2.45, 2.75) is 0 Å². The van der Waals surface area contributed by atoms with Crippen LogP contribution in [0, 0.1) is 5.82 Å². The topological polar surface area (TPSA) is 123 Å². The van der Waals surface area contributed by atoms with Gasteiger partial charge in [0.25, 0.3) is 11.8 Å². The Kier molecular flexibility index (Phi) is 4.44. The molecule has 0 bridgehead atoms. The first-order valence-electron chi connectivity index (χ1n) is 7.00. The molecule has 8 nitrogen and oxygen atoms in total. The lowest BCUT2D eigenvalue weighted by Crippen LogP contribution is -2.17. The highest BCUT2D eigenvalue weighted by atomic mass is 32.1. The molecule has 0 aliphatic heterocycles. The van der Waals surface area contributed by atoms with Gasteiger partial charge in [0.05, 0.1) is 0 Å². The van der Waals surface area contributed by atoms with E-state index in [-0.39, 0.29) is 22.2 Å². The van der Waals surface area contributed by atoms with E-state index < -0.39 is 11.8 Å². The number of nitrogens with one attached hydrogen (secondary N) is 2. The van der Waals surface area contributed by atoms with Gasteiger partial charge in [-0.2, -0.15) is 0 Å². The van der Waals surface area contributed by atoms with Crippen molar-refractivity contribution < 1.29 is 18.5 Å². The van der Waals surface area contributed by atoms with Crippen molar-refractivity contribution in [3.05, 3.63) is 47.5 Å². The summed E-state index contributed by atoms with van der Waals surface area (Å²) in [7, 11) is 1.63. The van der Waals surface area contributed by atoms with Crippen molar-refractivity contribution in [3.8, 4) is 11.3 Å². The molecule has 3 aromatic rings. The van der Waals surface area contributed by atoms with Gasteiger partial charge in [-0.05, 0) is 24.3 Å². The number of hydrogen-bond donors (Lipinski definition) is 3. The zero-order valence-electron chi connectivity index (χ0n) is 12.9. The average molecular weight is 361 g/mol. The van der Waals surface area contributed by atoms with Gasteiger partial charge in [0.1, 0.15) is 10.8 Å². The third kappa shape index (κ3) is 3.48. The second kappa shape index (κ2) is 6.69. The van der Waals surface area contributed by atoms with E-state index >= 15 is 0 Å². The summed E-state index contributed by atoms with van der Waals surface area (Å²) in [6, 6.07) is 6.96. The Bertz CT molecular complexity index is 935. The second-order valence-electron chi connectivity index (χ2n) is 4.85. The lowest BCUT2D eigenvalue weighted by atomic mass is 10.1. The molecule has 0 radical (unpaired) electrons. The van der Waals surface area contributed by atoms with Crippen LogP contribution in [0.1, 0.15) is 21.0 Å². The number of primary amides is 1. The summed E-state index contributed by atoms with van der Waals surface area (Å²) in [4.78, 5) is 27.7. The molecule has 3 rings (SSSR count). The molecule has 0 spiro atoms. The van der Waals surface area contributed by atoms with Crippen LogP contribution in [-0.2, 0) is 0 Å². The Hall–Kier alpha value is -3.27. The molecule has 0 aliphatic rings. The van der Waals surface area contributed by atoms with Gasteiger partial charge in [-0.3, -0.25) is 9.59 Å². The summed E-state index contributed by atoms with van der Waals surface area (Å²) < 4.78 is 18.1. The van der Waals surface area contributed by atoms with Gasteiger partial charge in [0.15, 0.2) is 22.3 Å². The van der Waals surface area contributed by atoms with E-state index in [0.717, 1.165) is 11.3 Å². The molecule has 2 heterocycles. The third-order valence-corrected chi connectivity index (χ3v) is 4.16. The number of hydrogen-bond acceptors (Lipinski definition) is 7. The molecular formula is C15H12FN5O3S. The summed E-state index contributed by atoms with van der Waals surface area (Å²) in [6.45, 7) is 0. The average Bonchev–Trinajstić information content (AvgIpc) is 3.22. The lowest BCUT2D eigenvalue weighted by molar-refractivity contribution is 0.0997. The SMILES string of the molecule is CNc1nc(C(N)=O)c(NC(=O)c2cc(-c3ccc(F)cc3)on2)s1. The molecule has 0 fully saturated rings. The molecule has 2 amide bonds. The molecule has 1 aromatic carbocycles. The van der Waals surface area contributed by atoms with Gasteiger partial charge in [-0.25, -0.2) is 9.37 Å². The van der Waals surface area contributed by atoms with E-state index in [9.17, 15) is 14.0 Å². The molecule has 128 valence electrons. The number of anilines is 2. The van der Waals surface area contributed by atoms with Gasteiger partial charge >= 0.3 is 0 Å². The molecule has 0 unspecified atom stereocenters. The van der Waals surface area contributed by atoms with Crippen LogP contribution in [0.15, 0.2) is 34.9 Å². The van der Waals surface area contributed by atoms with E-state index in [4.69, 9.17) is 10.3 Å². The molecule has 0 saturated carbocycles. The van der Waals surface area contributed by atoms with Crippen molar-refractivity contribution in [2.75, 3.05) is 17.7 Å². The minimum Gasteiger partial charge on any atom is -0.365 e. The lowest BCUT2D eigenvalue weighted by Gasteiger charge is -1.99. The van der Waals surface area contributed by atoms with E-state index in [1.165, 1.54) is 30.3 Å². The highest BCUT2D eigenvalue weighted by molar-refractivity contribution is 7.20. The van der Waals surface area contributed by atoms with E-state index in [1.807, 2.05) is 0 Å². The number of halogens is 1. The van der Waals surface area contributed by atoms with Gasteiger partial charge in [0, 0.05) is 18.7 Å². The maximum atomic E-state index is 13.0. The predicted octanol–water partition coefficient (Wildman–Crippen LogP) is 2.33. The van der Waals surface area contributed by atoms with E-state index in [2.05, 4.69) is 20.8 Å². The van der Waals surface area contributed by atoms with E-state index in [1.54, 1.807) is 7.05 Å². The highest BCUT2D eigenvalue weighted by Crippen LogP contribution is 2.28. The quantitative estimate of drug-likeness (QED) is 0.641. The van der Waals surface area contributed by atoms with Gasteiger partial charge < -0.3 is 20.9 Å². The largest absolute Gasteiger partial charge is 0.365 e. The highest BCUT2D eigenvalue weighted by Gasteiger charge is 2.20. The minimum atomic E-state index is -0.764. The number of amides is 2. The maximum absolute atomic E-state index is 13.0. The molecule has 10 heteroatoms. The minimum absolute atomic E-state index is 0.00541. The van der Waals surface area contributed by atoms with Crippen LogP contribution >= 0.6 is 11.3 Å². The van der Waals surface area contributed by atoms with Crippen LogP contribution in [0.3, 0.4) is 0 Å². The number of carbonyl (C=O) groups is 2. The number of rotatable bonds is 5. The summed E-state index contributed by atoms with van der Waals surface area (Å²) >= 11 is 1.06. The van der Waals surface area contributed by atoms with Crippen LogP contribution in [0.5, 0.6) is 0 Å². The maximum Gasteiger partial charge on any atom is 0.278 e. The van der Waals surface area contributed by atoms with Crippen LogP contribution < -0.4 is 16.4 Å². The Morgan fingerprint density at radius 3 is 2.64 bits per heavy atom. The first kappa shape index (κ1) is 16.6. The summed E-state index contributed by atoms with van der Waals surface area (Å²) in [5.74, 6) is -1.43. The zero-order chi connectivity index (χ0) is 18.0. The first-order chi connectivity index (χ1) is 12.0. The van der Waals surface area contributed by atoms with Crippen molar-refractivity contribution in [1.82, 2.24) is 10.1 Å². The number of benzene rings is 1. The van der Waals surface area contributed by atoms with Crippen molar-refractivity contribution in [1.29, 1.82) is 0 Å². The van der Waals surface area contributed by atoms with Crippen LogP contribution in [0.25, 0.3) is 11.3 Å².